The Balaban J connectivity index is 1.79. The average Bonchev–Trinajstić information content (AvgIpc) is 2.93. The maximum atomic E-state index is 11.9. The number of ether oxygens (including phenoxy) is 2. The second-order valence-electron chi connectivity index (χ2n) is 5.28. The van der Waals surface area contributed by atoms with E-state index in [0.29, 0.717) is 11.3 Å². The summed E-state index contributed by atoms with van der Waals surface area (Å²) >= 11 is 0. The van der Waals surface area contributed by atoms with Gasteiger partial charge >= 0.3 is 11.9 Å². The van der Waals surface area contributed by atoms with Crippen LogP contribution in [0, 0.1) is 0 Å². The second-order valence-corrected chi connectivity index (χ2v) is 5.28. The summed E-state index contributed by atoms with van der Waals surface area (Å²) in [6.45, 7) is 1.33. The summed E-state index contributed by atoms with van der Waals surface area (Å²) in [5, 5.41) is 0. The Kier molecular flexibility index (Phi) is 4.85. The lowest BCUT2D eigenvalue weighted by Crippen LogP contribution is -2.02. The van der Waals surface area contributed by atoms with Gasteiger partial charge in [0.25, 0.3) is 0 Å². The summed E-state index contributed by atoms with van der Waals surface area (Å²) in [5.41, 5.74) is 1.85. The number of nitrogens with zero attached hydrogens (tertiary/aromatic N) is 1. The monoisotopic (exact) mass is 333 g/mol. The Bertz CT molecular complexity index is 895. The molecule has 5 nitrogen and oxygen atoms in total. The summed E-state index contributed by atoms with van der Waals surface area (Å²) in [6, 6.07) is 16.5. The molecular formula is C20H15NO4. The summed E-state index contributed by atoms with van der Waals surface area (Å²) < 4.78 is 10.2. The van der Waals surface area contributed by atoms with Crippen molar-refractivity contribution in [2.24, 2.45) is 4.99 Å². The highest BCUT2D eigenvalue weighted by Gasteiger charge is 2.21. The minimum absolute atomic E-state index is 0.188. The topological polar surface area (TPSA) is 65.0 Å². The predicted octanol–water partition coefficient (Wildman–Crippen LogP) is 3.62. The van der Waals surface area contributed by atoms with Gasteiger partial charge in [0, 0.05) is 13.0 Å². The zero-order valence-corrected chi connectivity index (χ0v) is 13.5. The molecule has 3 rings (SSSR count). The highest BCUT2D eigenvalue weighted by atomic mass is 16.6. The molecule has 0 saturated carbocycles. The number of rotatable bonds is 4. The van der Waals surface area contributed by atoms with Crippen LogP contribution in [-0.4, -0.2) is 17.8 Å². The summed E-state index contributed by atoms with van der Waals surface area (Å²) in [5.74, 6) is -0.292. The Morgan fingerprint density at radius 3 is 2.56 bits per heavy atom. The molecule has 2 aromatic rings. The van der Waals surface area contributed by atoms with E-state index >= 15 is 0 Å². The molecule has 0 bridgehead atoms. The van der Waals surface area contributed by atoms with Gasteiger partial charge in [0.2, 0.25) is 5.90 Å². The standard InChI is InChI=1S/C20H15NO4/c1-14(22)24-17-9-5-8-16(12-17)13-18-20(23)25-19(21-18)11-10-15-6-3-2-4-7-15/h2-13H,1H3/b11-10+,18-13-. The van der Waals surface area contributed by atoms with Crippen molar-refractivity contribution in [1.82, 2.24) is 0 Å². The first-order valence-electron chi connectivity index (χ1n) is 7.64. The van der Waals surface area contributed by atoms with Crippen molar-refractivity contribution >= 4 is 30.0 Å². The van der Waals surface area contributed by atoms with Crippen LogP contribution in [0.2, 0.25) is 0 Å². The molecule has 0 fully saturated rings. The van der Waals surface area contributed by atoms with E-state index in [0.717, 1.165) is 5.56 Å². The van der Waals surface area contributed by atoms with Crippen LogP contribution in [0.15, 0.2) is 71.4 Å². The number of carbonyl (C=O) groups excluding carboxylic acids is 2. The SMILES string of the molecule is CC(=O)Oc1cccc(/C=C2N=C(/C=C/c3ccccc3)OC\2=O)c1. The average molecular weight is 333 g/mol. The van der Waals surface area contributed by atoms with E-state index in [1.165, 1.54) is 6.92 Å². The molecule has 0 amide bonds. The molecule has 25 heavy (non-hydrogen) atoms. The lowest BCUT2D eigenvalue weighted by molar-refractivity contribution is -0.132. The number of hydrogen-bond acceptors (Lipinski definition) is 5. The summed E-state index contributed by atoms with van der Waals surface area (Å²) in [6.07, 6.45) is 5.04. The van der Waals surface area contributed by atoms with Crippen LogP contribution in [0.4, 0.5) is 0 Å². The minimum atomic E-state index is -0.523. The number of aliphatic imine (C=N–C) groups is 1. The molecule has 1 aliphatic heterocycles. The van der Waals surface area contributed by atoms with Gasteiger partial charge in [0.15, 0.2) is 5.70 Å². The van der Waals surface area contributed by atoms with Gasteiger partial charge in [-0.1, -0.05) is 42.5 Å². The van der Waals surface area contributed by atoms with Gasteiger partial charge < -0.3 is 9.47 Å². The van der Waals surface area contributed by atoms with E-state index in [-0.39, 0.29) is 11.6 Å². The van der Waals surface area contributed by atoms with Crippen molar-refractivity contribution in [2.45, 2.75) is 6.92 Å². The van der Waals surface area contributed by atoms with Crippen LogP contribution in [0.25, 0.3) is 12.2 Å². The normalized spacial score (nSPS) is 15.3. The molecule has 0 N–H and O–H groups in total. The Hall–Kier alpha value is -3.47. The zero-order valence-electron chi connectivity index (χ0n) is 13.5. The summed E-state index contributed by atoms with van der Waals surface area (Å²) in [4.78, 5) is 27.1. The fourth-order valence-corrected chi connectivity index (χ4v) is 2.22. The molecule has 0 aliphatic carbocycles. The van der Waals surface area contributed by atoms with Crippen molar-refractivity contribution in [3.8, 4) is 5.75 Å². The molecule has 0 atom stereocenters. The smallest absolute Gasteiger partial charge is 0.363 e. The molecule has 2 aromatic carbocycles. The van der Waals surface area contributed by atoms with Crippen LogP contribution in [-0.2, 0) is 14.3 Å². The number of esters is 2. The van der Waals surface area contributed by atoms with Gasteiger partial charge in [0.05, 0.1) is 0 Å². The number of carbonyl (C=O) groups is 2. The van der Waals surface area contributed by atoms with E-state index in [2.05, 4.69) is 4.99 Å². The third-order valence-corrected chi connectivity index (χ3v) is 3.28. The lowest BCUT2D eigenvalue weighted by atomic mass is 10.2. The molecule has 5 heteroatoms. The number of benzene rings is 2. The molecule has 0 radical (unpaired) electrons. The highest BCUT2D eigenvalue weighted by molar-refractivity contribution is 6.11. The van der Waals surface area contributed by atoms with Gasteiger partial charge in [-0.2, -0.15) is 0 Å². The van der Waals surface area contributed by atoms with Gasteiger partial charge in [0.1, 0.15) is 5.75 Å². The number of cyclic esters (lactones) is 1. The maximum Gasteiger partial charge on any atom is 0.363 e. The van der Waals surface area contributed by atoms with Crippen LogP contribution >= 0.6 is 0 Å². The van der Waals surface area contributed by atoms with Crippen molar-refractivity contribution in [3.05, 3.63) is 77.5 Å². The molecular weight excluding hydrogens is 318 g/mol. The first-order valence-corrected chi connectivity index (χ1v) is 7.64. The molecule has 0 spiro atoms. The third-order valence-electron chi connectivity index (χ3n) is 3.28. The van der Waals surface area contributed by atoms with E-state index < -0.39 is 11.9 Å². The first kappa shape index (κ1) is 16.4. The second kappa shape index (κ2) is 7.40. The van der Waals surface area contributed by atoms with E-state index in [1.54, 1.807) is 36.4 Å². The largest absolute Gasteiger partial charge is 0.427 e. The Morgan fingerprint density at radius 1 is 1.04 bits per heavy atom. The van der Waals surface area contributed by atoms with Gasteiger partial charge in [-0.25, -0.2) is 9.79 Å². The molecule has 0 saturated heterocycles. The first-order chi connectivity index (χ1) is 12.1. The maximum absolute atomic E-state index is 11.9. The van der Waals surface area contributed by atoms with Crippen molar-refractivity contribution in [3.63, 3.8) is 0 Å². The van der Waals surface area contributed by atoms with Crippen molar-refractivity contribution < 1.29 is 19.1 Å². The fraction of sp³-hybridized carbons (Fsp3) is 0.0500. The van der Waals surface area contributed by atoms with Gasteiger partial charge in [-0.15, -0.1) is 0 Å². The molecule has 1 aliphatic rings. The van der Waals surface area contributed by atoms with Gasteiger partial charge in [-0.05, 0) is 35.4 Å². The van der Waals surface area contributed by atoms with E-state index in [1.807, 2.05) is 36.4 Å². The molecule has 0 aromatic heterocycles. The Morgan fingerprint density at radius 2 is 1.80 bits per heavy atom. The van der Waals surface area contributed by atoms with Crippen molar-refractivity contribution in [1.29, 1.82) is 0 Å². The van der Waals surface area contributed by atoms with Crippen LogP contribution < -0.4 is 4.74 Å². The third kappa shape index (κ3) is 4.51. The van der Waals surface area contributed by atoms with Crippen LogP contribution in [0.3, 0.4) is 0 Å². The zero-order chi connectivity index (χ0) is 17.6. The van der Waals surface area contributed by atoms with Crippen LogP contribution in [0.1, 0.15) is 18.1 Å². The number of hydrogen-bond donors (Lipinski definition) is 0. The highest BCUT2D eigenvalue weighted by Crippen LogP contribution is 2.20. The predicted molar refractivity (Wildman–Crippen MR) is 94.7 cm³/mol. The fourth-order valence-electron chi connectivity index (χ4n) is 2.22. The van der Waals surface area contributed by atoms with E-state index in [4.69, 9.17) is 9.47 Å². The van der Waals surface area contributed by atoms with Crippen molar-refractivity contribution in [2.75, 3.05) is 0 Å². The quantitative estimate of drug-likeness (QED) is 0.487. The molecule has 0 unspecified atom stereocenters. The van der Waals surface area contributed by atoms with Gasteiger partial charge in [-0.3, -0.25) is 4.79 Å². The Labute approximate surface area is 144 Å². The van der Waals surface area contributed by atoms with E-state index in [9.17, 15) is 9.59 Å². The molecule has 124 valence electrons. The lowest BCUT2D eigenvalue weighted by Gasteiger charge is -2.01. The minimum Gasteiger partial charge on any atom is -0.427 e. The molecule has 1 heterocycles. The summed E-state index contributed by atoms with van der Waals surface area (Å²) in [7, 11) is 0. The van der Waals surface area contributed by atoms with Crippen LogP contribution in [0.5, 0.6) is 5.75 Å².